The number of para-hydroxylation sites is 2. The highest BCUT2D eigenvalue weighted by atomic mass is 16.5. The van der Waals surface area contributed by atoms with Gasteiger partial charge in [0.2, 0.25) is 0 Å². The minimum absolute atomic E-state index is 0.170. The summed E-state index contributed by atoms with van der Waals surface area (Å²) >= 11 is 0. The number of nitrogens with one attached hydrogen (secondary N) is 1. The molecule has 5 nitrogen and oxygen atoms in total. The fraction of sp³-hybridized carbons (Fsp3) is 0.130. The summed E-state index contributed by atoms with van der Waals surface area (Å²) in [5.74, 6) is 1.06. The van der Waals surface area contributed by atoms with Crippen LogP contribution in [0.4, 0.5) is 0 Å². The van der Waals surface area contributed by atoms with Gasteiger partial charge in [-0.3, -0.25) is 9.78 Å². The van der Waals surface area contributed by atoms with E-state index in [4.69, 9.17) is 9.47 Å². The monoisotopic (exact) mass is 372 g/mol. The van der Waals surface area contributed by atoms with E-state index in [9.17, 15) is 4.79 Å². The average molecular weight is 372 g/mol. The quantitative estimate of drug-likeness (QED) is 0.462. The molecule has 0 aliphatic carbocycles. The minimum atomic E-state index is -0.235. The number of benzene rings is 2. The molecule has 0 aliphatic heterocycles. The number of hydrogen-bond acceptors (Lipinski definition) is 4. The molecule has 0 amide bonds. The van der Waals surface area contributed by atoms with E-state index in [1.807, 2.05) is 60.8 Å². The highest BCUT2D eigenvalue weighted by molar-refractivity contribution is 5.83. The van der Waals surface area contributed by atoms with Gasteiger partial charge in [-0.05, 0) is 36.2 Å². The van der Waals surface area contributed by atoms with Crippen molar-refractivity contribution in [1.82, 2.24) is 9.97 Å². The van der Waals surface area contributed by atoms with Crippen LogP contribution in [-0.2, 0) is 22.6 Å². The van der Waals surface area contributed by atoms with Crippen LogP contribution in [0.25, 0.3) is 10.9 Å². The molecule has 1 N–H and O–H groups in total. The molecule has 140 valence electrons. The summed E-state index contributed by atoms with van der Waals surface area (Å²) in [6.07, 6.45) is 6.25. The molecule has 0 atom stereocenters. The van der Waals surface area contributed by atoms with E-state index in [-0.39, 0.29) is 12.6 Å². The van der Waals surface area contributed by atoms with Crippen LogP contribution in [0.3, 0.4) is 0 Å². The molecule has 0 bridgehead atoms. The molecule has 2 aromatic carbocycles. The SMILES string of the molecule is O=C(CCc1c[nH]c2ccccc12)OCc1ccccc1Oc1cccnc1. The topological polar surface area (TPSA) is 64.2 Å². The number of hydrogen-bond donors (Lipinski definition) is 1. The molecular weight excluding hydrogens is 352 g/mol. The maximum atomic E-state index is 12.2. The molecule has 0 fully saturated rings. The number of pyridine rings is 1. The Kier molecular flexibility index (Phi) is 5.33. The van der Waals surface area contributed by atoms with Gasteiger partial charge in [-0.15, -0.1) is 0 Å². The summed E-state index contributed by atoms with van der Waals surface area (Å²) in [5, 5.41) is 1.14. The first kappa shape index (κ1) is 17.8. The predicted molar refractivity (Wildman–Crippen MR) is 107 cm³/mol. The van der Waals surface area contributed by atoms with E-state index in [1.165, 1.54) is 0 Å². The van der Waals surface area contributed by atoms with Crippen LogP contribution in [0, 0.1) is 0 Å². The fourth-order valence-electron chi connectivity index (χ4n) is 3.06. The summed E-state index contributed by atoms with van der Waals surface area (Å²) in [4.78, 5) is 19.5. The normalized spacial score (nSPS) is 10.7. The summed E-state index contributed by atoms with van der Waals surface area (Å²) in [7, 11) is 0. The number of H-pyrrole nitrogens is 1. The maximum Gasteiger partial charge on any atom is 0.306 e. The maximum absolute atomic E-state index is 12.2. The van der Waals surface area contributed by atoms with Crippen LogP contribution < -0.4 is 4.74 Å². The number of carbonyl (C=O) groups is 1. The third kappa shape index (κ3) is 4.20. The highest BCUT2D eigenvalue weighted by Gasteiger charge is 2.10. The third-order valence-corrected chi connectivity index (χ3v) is 4.50. The standard InChI is InChI=1S/C23H20N2O3/c26-23(12-11-17-14-25-21-9-3-2-8-20(17)21)27-16-18-6-1-4-10-22(18)28-19-7-5-13-24-15-19/h1-10,13-15,25H,11-12,16H2. The number of rotatable bonds is 7. The predicted octanol–water partition coefficient (Wildman–Crippen LogP) is 5.03. The Hall–Kier alpha value is -3.60. The van der Waals surface area contributed by atoms with E-state index in [0.29, 0.717) is 24.3 Å². The zero-order valence-electron chi connectivity index (χ0n) is 15.3. The van der Waals surface area contributed by atoms with Crippen LogP contribution in [-0.4, -0.2) is 15.9 Å². The van der Waals surface area contributed by atoms with Crippen molar-refractivity contribution in [2.24, 2.45) is 0 Å². The average Bonchev–Trinajstić information content (AvgIpc) is 3.15. The molecule has 0 unspecified atom stereocenters. The largest absolute Gasteiger partial charge is 0.461 e. The van der Waals surface area contributed by atoms with Crippen LogP contribution in [0.15, 0.2) is 79.3 Å². The molecule has 5 heteroatoms. The first-order chi connectivity index (χ1) is 13.8. The lowest BCUT2D eigenvalue weighted by atomic mass is 10.1. The second-order valence-corrected chi connectivity index (χ2v) is 6.42. The van der Waals surface area contributed by atoms with Crippen LogP contribution in [0.2, 0.25) is 0 Å². The van der Waals surface area contributed by atoms with Gasteiger partial charge in [0.05, 0.1) is 6.20 Å². The third-order valence-electron chi connectivity index (χ3n) is 4.50. The molecule has 0 saturated heterocycles. The molecule has 28 heavy (non-hydrogen) atoms. The Labute approximate surface area is 163 Å². The van der Waals surface area contributed by atoms with E-state index >= 15 is 0 Å². The number of ether oxygens (including phenoxy) is 2. The number of nitrogens with zero attached hydrogens (tertiary/aromatic N) is 1. The van der Waals surface area contributed by atoms with Crippen molar-refractivity contribution < 1.29 is 14.3 Å². The summed E-state index contributed by atoms with van der Waals surface area (Å²) in [6.45, 7) is 0.170. The van der Waals surface area contributed by atoms with Crippen LogP contribution in [0.5, 0.6) is 11.5 Å². The van der Waals surface area contributed by atoms with Gasteiger partial charge in [0.25, 0.3) is 0 Å². The molecule has 4 rings (SSSR count). The van der Waals surface area contributed by atoms with Crippen molar-refractivity contribution >= 4 is 16.9 Å². The number of esters is 1. The molecule has 0 aliphatic rings. The van der Waals surface area contributed by atoms with Gasteiger partial charge in [-0.1, -0.05) is 36.4 Å². The van der Waals surface area contributed by atoms with E-state index in [2.05, 4.69) is 16.0 Å². The van der Waals surface area contributed by atoms with Gasteiger partial charge < -0.3 is 14.5 Å². The number of aryl methyl sites for hydroxylation is 1. The van der Waals surface area contributed by atoms with Crippen molar-refractivity contribution in [3.63, 3.8) is 0 Å². The van der Waals surface area contributed by atoms with E-state index < -0.39 is 0 Å². The second kappa shape index (κ2) is 8.39. The van der Waals surface area contributed by atoms with Gasteiger partial charge in [-0.25, -0.2) is 0 Å². The van der Waals surface area contributed by atoms with Gasteiger partial charge >= 0.3 is 5.97 Å². The van der Waals surface area contributed by atoms with E-state index in [0.717, 1.165) is 22.0 Å². The number of aromatic nitrogens is 2. The van der Waals surface area contributed by atoms with Gasteiger partial charge in [-0.2, -0.15) is 0 Å². The van der Waals surface area contributed by atoms with Crippen LogP contribution in [0.1, 0.15) is 17.5 Å². The molecular formula is C23H20N2O3. The van der Waals surface area contributed by atoms with Crippen molar-refractivity contribution in [3.8, 4) is 11.5 Å². The zero-order chi connectivity index (χ0) is 19.2. The molecule has 0 saturated carbocycles. The Bertz CT molecular complexity index is 1070. The Morgan fingerprint density at radius 1 is 0.964 bits per heavy atom. The summed E-state index contributed by atoms with van der Waals surface area (Å²) in [6, 6.07) is 19.2. The highest BCUT2D eigenvalue weighted by Crippen LogP contribution is 2.25. The lowest BCUT2D eigenvalue weighted by Gasteiger charge is -2.11. The molecule has 0 radical (unpaired) electrons. The number of carbonyl (C=O) groups excluding carboxylic acids is 1. The van der Waals surface area contributed by atoms with Gasteiger partial charge in [0.15, 0.2) is 0 Å². The van der Waals surface area contributed by atoms with Crippen molar-refractivity contribution in [2.75, 3.05) is 0 Å². The fourth-order valence-corrected chi connectivity index (χ4v) is 3.06. The summed E-state index contributed by atoms with van der Waals surface area (Å²) < 4.78 is 11.3. The molecule has 2 heterocycles. The molecule has 2 aromatic heterocycles. The lowest BCUT2D eigenvalue weighted by Crippen LogP contribution is -2.06. The Balaban J connectivity index is 1.35. The second-order valence-electron chi connectivity index (χ2n) is 6.42. The first-order valence-electron chi connectivity index (χ1n) is 9.16. The summed E-state index contributed by atoms with van der Waals surface area (Å²) in [5.41, 5.74) is 3.01. The van der Waals surface area contributed by atoms with Crippen molar-refractivity contribution in [3.05, 3.63) is 90.4 Å². The van der Waals surface area contributed by atoms with Crippen molar-refractivity contribution in [1.29, 1.82) is 0 Å². The van der Waals surface area contributed by atoms with Crippen LogP contribution >= 0.6 is 0 Å². The molecule has 4 aromatic rings. The Morgan fingerprint density at radius 2 is 1.82 bits per heavy atom. The van der Waals surface area contributed by atoms with Gasteiger partial charge in [0.1, 0.15) is 18.1 Å². The zero-order valence-corrected chi connectivity index (χ0v) is 15.3. The smallest absolute Gasteiger partial charge is 0.306 e. The Morgan fingerprint density at radius 3 is 2.71 bits per heavy atom. The minimum Gasteiger partial charge on any atom is -0.461 e. The number of fused-ring (bicyclic) bond motifs is 1. The first-order valence-corrected chi connectivity index (χ1v) is 9.16. The molecule has 0 spiro atoms. The van der Waals surface area contributed by atoms with Crippen molar-refractivity contribution in [2.45, 2.75) is 19.4 Å². The van der Waals surface area contributed by atoms with E-state index in [1.54, 1.807) is 12.4 Å². The lowest BCUT2D eigenvalue weighted by molar-refractivity contribution is -0.144. The van der Waals surface area contributed by atoms with Gasteiger partial charge in [0, 0.05) is 35.3 Å². The number of aromatic amines is 1.